The monoisotopic (exact) mass is 278 g/mol. The van der Waals surface area contributed by atoms with Gasteiger partial charge in [-0.15, -0.1) is 0 Å². The van der Waals surface area contributed by atoms with Crippen LogP contribution in [0.25, 0.3) is 0 Å². The molecule has 1 aromatic rings. The summed E-state index contributed by atoms with van der Waals surface area (Å²) in [6, 6.07) is 5.20. The van der Waals surface area contributed by atoms with Gasteiger partial charge in [-0.2, -0.15) is 0 Å². The van der Waals surface area contributed by atoms with Crippen LogP contribution >= 0.6 is 0 Å². The number of nitrogens with two attached hydrogens (primary N) is 1. The minimum atomic E-state index is -0.163. The Labute approximate surface area is 120 Å². The number of aromatic nitrogens is 1. The molecule has 4 nitrogen and oxygen atoms in total. The van der Waals surface area contributed by atoms with Gasteiger partial charge >= 0.3 is 0 Å². The summed E-state index contributed by atoms with van der Waals surface area (Å²) in [7, 11) is 0. The van der Waals surface area contributed by atoms with Crippen molar-refractivity contribution in [2.45, 2.75) is 51.2 Å². The molecule has 0 saturated heterocycles. The molecule has 20 heavy (non-hydrogen) atoms. The molecule has 1 heterocycles. The summed E-state index contributed by atoms with van der Waals surface area (Å²) in [6.07, 6.45) is 7.56. The van der Waals surface area contributed by atoms with E-state index in [1.54, 1.807) is 22.9 Å². The second-order valence-electron chi connectivity index (χ2n) is 5.82. The Morgan fingerprint density at radius 3 is 2.75 bits per heavy atom. The minimum absolute atomic E-state index is 0.0209. The molecule has 1 fully saturated rings. The first-order valence-corrected chi connectivity index (χ1v) is 7.68. The summed E-state index contributed by atoms with van der Waals surface area (Å²) < 4.78 is 7.77. The third kappa shape index (κ3) is 3.70. The quantitative estimate of drug-likeness (QED) is 0.867. The highest BCUT2D eigenvalue weighted by atomic mass is 16.5. The zero-order valence-electron chi connectivity index (χ0n) is 12.4. The first-order valence-electron chi connectivity index (χ1n) is 7.68. The summed E-state index contributed by atoms with van der Waals surface area (Å²) in [4.78, 5) is 11.6. The molecule has 4 heteroatoms. The van der Waals surface area contributed by atoms with E-state index in [-0.39, 0.29) is 11.2 Å². The number of nitrogens with zero attached hydrogens (tertiary/aromatic N) is 1. The fourth-order valence-electron chi connectivity index (χ4n) is 3.03. The van der Waals surface area contributed by atoms with Crippen LogP contribution in [0.1, 0.15) is 39.0 Å². The fraction of sp³-hybridized carbons (Fsp3) is 0.688. The van der Waals surface area contributed by atoms with Crippen molar-refractivity contribution in [1.82, 2.24) is 4.57 Å². The van der Waals surface area contributed by atoms with E-state index in [0.29, 0.717) is 19.7 Å². The lowest BCUT2D eigenvalue weighted by molar-refractivity contribution is -0.0742. The number of rotatable bonds is 6. The van der Waals surface area contributed by atoms with Gasteiger partial charge in [0.25, 0.3) is 5.56 Å². The Balaban J connectivity index is 1.86. The van der Waals surface area contributed by atoms with Gasteiger partial charge < -0.3 is 15.0 Å². The van der Waals surface area contributed by atoms with Gasteiger partial charge in [-0.1, -0.05) is 19.4 Å². The molecule has 0 aromatic carbocycles. The van der Waals surface area contributed by atoms with Gasteiger partial charge in [-0.25, -0.2) is 0 Å². The first-order chi connectivity index (χ1) is 9.69. The van der Waals surface area contributed by atoms with Crippen molar-refractivity contribution < 1.29 is 4.74 Å². The Bertz CT molecular complexity index is 462. The maximum Gasteiger partial charge on any atom is 0.250 e. The molecule has 1 aliphatic carbocycles. The second kappa shape index (κ2) is 7.04. The lowest BCUT2D eigenvalue weighted by Gasteiger charge is -2.39. The zero-order valence-corrected chi connectivity index (χ0v) is 12.4. The highest BCUT2D eigenvalue weighted by Crippen LogP contribution is 2.35. The number of hydrogen-bond acceptors (Lipinski definition) is 3. The molecule has 1 aliphatic rings. The molecular weight excluding hydrogens is 252 g/mol. The average Bonchev–Trinajstić information content (AvgIpc) is 2.50. The van der Waals surface area contributed by atoms with Crippen LogP contribution in [0.4, 0.5) is 0 Å². The largest absolute Gasteiger partial charge is 0.372 e. The molecule has 2 rings (SSSR count). The molecule has 1 saturated carbocycles. The Morgan fingerprint density at radius 2 is 2.15 bits per heavy atom. The van der Waals surface area contributed by atoms with E-state index in [2.05, 4.69) is 6.92 Å². The number of hydrogen-bond donors (Lipinski definition) is 1. The van der Waals surface area contributed by atoms with Crippen molar-refractivity contribution >= 4 is 0 Å². The molecule has 0 aliphatic heterocycles. The van der Waals surface area contributed by atoms with Gasteiger partial charge in [0, 0.05) is 25.4 Å². The maximum absolute atomic E-state index is 11.6. The van der Waals surface area contributed by atoms with Crippen LogP contribution in [0.5, 0.6) is 0 Å². The van der Waals surface area contributed by atoms with Crippen molar-refractivity contribution in [3.05, 3.63) is 34.7 Å². The van der Waals surface area contributed by atoms with Gasteiger partial charge in [0.15, 0.2) is 0 Å². The summed E-state index contributed by atoms with van der Waals surface area (Å²) in [5.74, 6) is 0.829. The van der Waals surface area contributed by atoms with E-state index in [1.165, 1.54) is 19.3 Å². The minimum Gasteiger partial charge on any atom is -0.372 e. The molecule has 1 aromatic heterocycles. The van der Waals surface area contributed by atoms with E-state index < -0.39 is 0 Å². The van der Waals surface area contributed by atoms with Crippen LogP contribution in [0.2, 0.25) is 0 Å². The number of ether oxygens (including phenoxy) is 1. The Kier molecular flexibility index (Phi) is 5.38. The second-order valence-corrected chi connectivity index (χ2v) is 5.82. The third-order valence-corrected chi connectivity index (χ3v) is 4.61. The lowest BCUT2D eigenvalue weighted by Crippen LogP contribution is -2.44. The van der Waals surface area contributed by atoms with Crippen LogP contribution in [0.3, 0.4) is 0 Å². The smallest absolute Gasteiger partial charge is 0.250 e. The average molecular weight is 278 g/mol. The maximum atomic E-state index is 11.6. The lowest BCUT2D eigenvalue weighted by atomic mass is 9.77. The van der Waals surface area contributed by atoms with E-state index in [1.807, 2.05) is 6.07 Å². The highest BCUT2D eigenvalue weighted by Gasteiger charge is 2.34. The van der Waals surface area contributed by atoms with Gasteiger partial charge in [-0.3, -0.25) is 4.79 Å². The van der Waals surface area contributed by atoms with Gasteiger partial charge in [-0.05, 0) is 37.7 Å². The van der Waals surface area contributed by atoms with Crippen LogP contribution < -0.4 is 11.3 Å². The van der Waals surface area contributed by atoms with E-state index in [0.717, 1.165) is 18.8 Å². The van der Waals surface area contributed by atoms with Gasteiger partial charge in [0.2, 0.25) is 0 Å². The SMILES string of the molecule is CCC1CCC(CN)(OCCn2ccccc2=O)CC1. The van der Waals surface area contributed by atoms with E-state index in [4.69, 9.17) is 10.5 Å². The van der Waals surface area contributed by atoms with Crippen LogP contribution in [-0.4, -0.2) is 23.3 Å². The van der Waals surface area contributed by atoms with Crippen LogP contribution in [0, 0.1) is 5.92 Å². The summed E-state index contributed by atoms with van der Waals surface area (Å²) in [6.45, 7) is 3.98. The molecule has 0 radical (unpaired) electrons. The Morgan fingerprint density at radius 1 is 1.40 bits per heavy atom. The van der Waals surface area contributed by atoms with E-state index in [9.17, 15) is 4.79 Å². The first kappa shape index (κ1) is 15.3. The molecular formula is C16H26N2O2. The summed E-state index contributed by atoms with van der Waals surface area (Å²) >= 11 is 0. The summed E-state index contributed by atoms with van der Waals surface area (Å²) in [5, 5.41) is 0. The molecule has 2 N–H and O–H groups in total. The molecule has 0 atom stereocenters. The molecule has 0 unspecified atom stereocenters. The predicted molar refractivity (Wildman–Crippen MR) is 80.7 cm³/mol. The van der Waals surface area contributed by atoms with Crippen molar-refractivity contribution in [3.63, 3.8) is 0 Å². The van der Waals surface area contributed by atoms with Gasteiger partial charge in [0.05, 0.1) is 12.2 Å². The predicted octanol–water partition coefficient (Wildman–Crippen LogP) is 2.16. The van der Waals surface area contributed by atoms with Crippen molar-refractivity contribution in [2.75, 3.05) is 13.2 Å². The third-order valence-electron chi connectivity index (χ3n) is 4.61. The van der Waals surface area contributed by atoms with Crippen LogP contribution in [0.15, 0.2) is 29.2 Å². The summed E-state index contributed by atoms with van der Waals surface area (Å²) in [5.41, 5.74) is 5.80. The molecule has 0 spiro atoms. The highest BCUT2D eigenvalue weighted by molar-refractivity contribution is 4.93. The van der Waals surface area contributed by atoms with Crippen molar-refractivity contribution in [1.29, 1.82) is 0 Å². The molecule has 112 valence electrons. The van der Waals surface area contributed by atoms with Crippen molar-refractivity contribution in [2.24, 2.45) is 11.7 Å². The molecule has 0 amide bonds. The zero-order chi connectivity index (χ0) is 14.4. The van der Waals surface area contributed by atoms with Crippen molar-refractivity contribution in [3.8, 4) is 0 Å². The normalized spacial score (nSPS) is 26.6. The van der Waals surface area contributed by atoms with E-state index >= 15 is 0 Å². The standard InChI is InChI=1S/C16H26N2O2/c1-2-14-6-8-16(13-17,9-7-14)20-12-11-18-10-4-3-5-15(18)19/h3-5,10,14H,2,6-9,11-13,17H2,1H3. The Hall–Kier alpha value is -1.13. The van der Waals surface area contributed by atoms with Gasteiger partial charge in [0.1, 0.15) is 0 Å². The molecule has 0 bridgehead atoms. The topological polar surface area (TPSA) is 57.2 Å². The van der Waals surface area contributed by atoms with Crippen LogP contribution in [-0.2, 0) is 11.3 Å². The fourth-order valence-corrected chi connectivity index (χ4v) is 3.03. The number of pyridine rings is 1.